The predicted molar refractivity (Wildman–Crippen MR) is 90.2 cm³/mol. The second-order valence-electron chi connectivity index (χ2n) is 5.69. The Bertz CT molecular complexity index is 731. The molecular formula is C19H19FN2O2. The molecule has 0 aliphatic carbocycles. The molecule has 1 heterocycles. The first-order valence-electron chi connectivity index (χ1n) is 8.03. The number of benzene rings is 2. The fourth-order valence-corrected chi connectivity index (χ4v) is 2.62. The van der Waals surface area contributed by atoms with Crippen LogP contribution in [0, 0.1) is 5.82 Å². The molecule has 0 spiro atoms. The molecule has 4 nitrogen and oxygen atoms in total. The van der Waals surface area contributed by atoms with Crippen LogP contribution in [0.3, 0.4) is 0 Å². The topological polar surface area (TPSA) is 50.7 Å². The lowest BCUT2D eigenvalue weighted by atomic mass is 10.0. The van der Waals surface area contributed by atoms with Gasteiger partial charge in [0.05, 0.1) is 5.71 Å². The highest BCUT2D eigenvalue weighted by molar-refractivity contribution is 6.04. The summed E-state index contributed by atoms with van der Waals surface area (Å²) in [5.74, 6) is -0.387. The molecule has 0 fully saturated rings. The Morgan fingerprint density at radius 3 is 2.71 bits per heavy atom. The van der Waals surface area contributed by atoms with Crippen LogP contribution in [-0.4, -0.2) is 24.3 Å². The molecule has 2 aromatic rings. The van der Waals surface area contributed by atoms with Crippen molar-refractivity contribution < 1.29 is 14.0 Å². The third-order valence-corrected chi connectivity index (χ3v) is 3.95. The van der Waals surface area contributed by atoms with Gasteiger partial charge in [-0.25, -0.2) is 4.39 Å². The van der Waals surface area contributed by atoms with Crippen LogP contribution in [0.1, 0.15) is 24.0 Å². The maximum atomic E-state index is 13.5. The number of halogens is 1. The van der Waals surface area contributed by atoms with E-state index in [2.05, 4.69) is 10.5 Å². The third-order valence-electron chi connectivity index (χ3n) is 3.95. The lowest BCUT2D eigenvalue weighted by Gasteiger charge is -2.09. The van der Waals surface area contributed by atoms with Gasteiger partial charge >= 0.3 is 0 Å². The van der Waals surface area contributed by atoms with Crippen LogP contribution in [0.15, 0.2) is 59.8 Å². The van der Waals surface area contributed by atoms with Crippen LogP contribution in [0.25, 0.3) is 0 Å². The van der Waals surface area contributed by atoms with Gasteiger partial charge in [0.25, 0.3) is 5.91 Å². The highest BCUT2D eigenvalue weighted by atomic mass is 19.1. The van der Waals surface area contributed by atoms with E-state index in [9.17, 15) is 9.18 Å². The molecule has 3 rings (SSSR count). The van der Waals surface area contributed by atoms with Crippen molar-refractivity contribution in [2.75, 3.05) is 6.54 Å². The van der Waals surface area contributed by atoms with Gasteiger partial charge in [0, 0.05) is 13.0 Å². The Morgan fingerprint density at radius 2 is 1.92 bits per heavy atom. The van der Waals surface area contributed by atoms with E-state index in [1.54, 1.807) is 12.1 Å². The van der Waals surface area contributed by atoms with Gasteiger partial charge in [0.2, 0.25) is 6.10 Å². The molecule has 24 heavy (non-hydrogen) atoms. The minimum atomic E-state index is -0.589. The summed E-state index contributed by atoms with van der Waals surface area (Å²) in [5, 5.41) is 6.83. The largest absolute Gasteiger partial charge is 0.382 e. The maximum Gasteiger partial charge on any atom is 0.264 e. The molecule has 1 aliphatic rings. The number of rotatable bonds is 6. The summed E-state index contributed by atoms with van der Waals surface area (Å²) in [7, 11) is 0. The van der Waals surface area contributed by atoms with Gasteiger partial charge < -0.3 is 10.2 Å². The van der Waals surface area contributed by atoms with Gasteiger partial charge in [0.1, 0.15) is 5.82 Å². The maximum absolute atomic E-state index is 13.5. The minimum absolute atomic E-state index is 0.182. The normalized spacial score (nSPS) is 16.4. The predicted octanol–water partition coefficient (Wildman–Crippen LogP) is 3.07. The average Bonchev–Trinajstić information content (AvgIpc) is 3.11. The summed E-state index contributed by atoms with van der Waals surface area (Å²) >= 11 is 0. The van der Waals surface area contributed by atoms with Crippen LogP contribution in [0.2, 0.25) is 0 Å². The number of oxime groups is 1. The monoisotopic (exact) mass is 326 g/mol. The van der Waals surface area contributed by atoms with E-state index in [4.69, 9.17) is 4.84 Å². The summed E-state index contributed by atoms with van der Waals surface area (Å²) in [6, 6.07) is 16.4. The van der Waals surface area contributed by atoms with E-state index in [1.165, 1.54) is 6.07 Å². The first-order chi connectivity index (χ1) is 11.7. The molecule has 1 atom stereocenters. The van der Waals surface area contributed by atoms with Crippen molar-refractivity contribution in [3.05, 3.63) is 71.5 Å². The zero-order chi connectivity index (χ0) is 16.8. The van der Waals surface area contributed by atoms with Crippen molar-refractivity contribution in [1.29, 1.82) is 0 Å². The van der Waals surface area contributed by atoms with E-state index in [1.807, 2.05) is 36.4 Å². The lowest BCUT2D eigenvalue weighted by Crippen LogP contribution is -2.35. The van der Waals surface area contributed by atoms with Crippen molar-refractivity contribution in [3.63, 3.8) is 0 Å². The smallest absolute Gasteiger partial charge is 0.264 e. The summed E-state index contributed by atoms with van der Waals surface area (Å²) in [5.41, 5.74) is 2.41. The molecular weight excluding hydrogens is 307 g/mol. The molecule has 0 radical (unpaired) electrons. The van der Waals surface area contributed by atoms with E-state index in [0.29, 0.717) is 31.4 Å². The molecule has 2 aromatic carbocycles. The zero-order valence-electron chi connectivity index (χ0n) is 13.2. The minimum Gasteiger partial charge on any atom is -0.382 e. The fraction of sp³-hybridized carbons (Fsp3) is 0.263. The van der Waals surface area contributed by atoms with Crippen molar-refractivity contribution in [3.8, 4) is 0 Å². The van der Waals surface area contributed by atoms with Crippen LogP contribution in [-0.2, 0) is 16.1 Å². The molecule has 0 saturated heterocycles. The Labute approximate surface area is 140 Å². The summed E-state index contributed by atoms with van der Waals surface area (Å²) in [4.78, 5) is 17.3. The molecule has 0 aromatic heterocycles. The number of hydrogen-bond donors (Lipinski definition) is 1. The Kier molecular flexibility index (Phi) is 5.21. The van der Waals surface area contributed by atoms with E-state index in [-0.39, 0.29) is 11.7 Å². The first kappa shape index (κ1) is 16.2. The van der Waals surface area contributed by atoms with Crippen molar-refractivity contribution >= 4 is 11.6 Å². The molecule has 0 bridgehead atoms. The highest BCUT2D eigenvalue weighted by Gasteiger charge is 2.28. The number of amides is 1. The van der Waals surface area contributed by atoms with Gasteiger partial charge in [-0.05, 0) is 30.0 Å². The van der Waals surface area contributed by atoms with E-state index in [0.717, 1.165) is 11.3 Å². The Balaban J connectivity index is 1.41. The average molecular weight is 326 g/mol. The number of hydrogen-bond acceptors (Lipinski definition) is 3. The van der Waals surface area contributed by atoms with Crippen LogP contribution in [0.4, 0.5) is 4.39 Å². The summed E-state index contributed by atoms with van der Waals surface area (Å²) < 4.78 is 13.5. The summed E-state index contributed by atoms with van der Waals surface area (Å²) in [6.07, 6.45) is 1.13. The number of nitrogens with zero attached hydrogens (tertiary/aromatic N) is 1. The van der Waals surface area contributed by atoms with Gasteiger partial charge in [-0.3, -0.25) is 4.79 Å². The second kappa shape index (κ2) is 7.73. The Morgan fingerprint density at radius 1 is 1.17 bits per heavy atom. The molecule has 124 valence electrons. The number of carbonyl (C=O) groups excluding carboxylic acids is 1. The van der Waals surface area contributed by atoms with E-state index >= 15 is 0 Å². The first-order valence-corrected chi connectivity index (χ1v) is 8.03. The van der Waals surface area contributed by atoms with Gasteiger partial charge in [-0.1, -0.05) is 53.7 Å². The molecule has 5 heteroatoms. The number of aryl methyl sites for hydroxylation is 1. The van der Waals surface area contributed by atoms with Crippen LogP contribution < -0.4 is 5.32 Å². The SMILES string of the molecule is O=C(NCCCc1ccccc1F)C1CC(c2ccccc2)=NO1. The number of carbonyl (C=O) groups is 1. The fourth-order valence-electron chi connectivity index (χ4n) is 2.62. The van der Waals surface area contributed by atoms with Crippen molar-refractivity contribution in [1.82, 2.24) is 5.32 Å². The van der Waals surface area contributed by atoms with Crippen LogP contribution in [0.5, 0.6) is 0 Å². The van der Waals surface area contributed by atoms with Gasteiger partial charge in [-0.2, -0.15) is 0 Å². The Hall–Kier alpha value is -2.69. The molecule has 0 saturated carbocycles. The van der Waals surface area contributed by atoms with Crippen molar-refractivity contribution in [2.45, 2.75) is 25.4 Å². The molecule has 1 N–H and O–H groups in total. The standard InChI is InChI=1S/C19H19FN2O2/c20-16-11-5-4-7-14(16)10-6-12-21-19(23)18-13-17(22-24-18)15-8-2-1-3-9-15/h1-5,7-9,11,18H,6,10,12-13H2,(H,21,23). The quantitative estimate of drug-likeness (QED) is 0.830. The third kappa shape index (κ3) is 3.98. The van der Waals surface area contributed by atoms with Gasteiger partial charge in [-0.15, -0.1) is 0 Å². The molecule has 1 unspecified atom stereocenters. The molecule has 1 aliphatic heterocycles. The lowest BCUT2D eigenvalue weighted by molar-refractivity contribution is -0.131. The zero-order valence-corrected chi connectivity index (χ0v) is 13.2. The molecule has 1 amide bonds. The van der Waals surface area contributed by atoms with Crippen LogP contribution >= 0.6 is 0 Å². The highest BCUT2D eigenvalue weighted by Crippen LogP contribution is 2.16. The van der Waals surface area contributed by atoms with Crippen molar-refractivity contribution in [2.24, 2.45) is 5.16 Å². The van der Waals surface area contributed by atoms with E-state index < -0.39 is 6.10 Å². The van der Waals surface area contributed by atoms with Gasteiger partial charge in [0.15, 0.2) is 0 Å². The summed E-state index contributed by atoms with van der Waals surface area (Å²) in [6.45, 7) is 0.480. The number of nitrogens with one attached hydrogen (secondary N) is 1. The second-order valence-corrected chi connectivity index (χ2v) is 5.69.